The summed E-state index contributed by atoms with van der Waals surface area (Å²) in [5.74, 6) is 0.685. The maximum absolute atomic E-state index is 13.9. The van der Waals surface area contributed by atoms with Gasteiger partial charge in [0.25, 0.3) is 0 Å². The average molecular weight is 487 g/mol. The summed E-state index contributed by atoms with van der Waals surface area (Å²) in [6.07, 6.45) is 0. The molecule has 174 valence electrons. The van der Waals surface area contributed by atoms with Gasteiger partial charge in [0.05, 0.1) is 22.0 Å². The van der Waals surface area contributed by atoms with Crippen molar-refractivity contribution in [2.45, 2.75) is 29.4 Å². The maximum Gasteiger partial charge on any atom is 0.239 e. The highest BCUT2D eigenvalue weighted by Gasteiger charge is 2.22. The molecule has 0 spiro atoms. The molecule has 0 aliphatic heterocycles. The molecule has 3 aromatic carbocycles. The highest BCUT2D eigenvalue weighted by molar-refractivity contribution is 7.98. The Bertz CT molecular complexity index is 1210. The molecule has 0 fully saturated rings. The summed E-state index contributed by atoms with van der Waals surface area (Å²) < 4.78 is 39.9. The minimum atomic E-state index is -3.95. The Morgan fingerprint density at radius 1 is 0.970 bits per heavy atom. The van der Waals surface area contributed by atoms with E-state index in [1.54, 1.807) is 23.9 Å². The smallest absolute Gasteiger partial charge is 0.239 e. The van der Waals surface area contributed by atoms with Crippen LogP contribution in [-0.4, -0.2) is 33.2 Å². The van der Waals surface area contributed by atoms with E-state index in [-0.39, 0.29) is 27.9 Å². The summed E-state index contributed by atoms with van der Waals surface area (Å²) in [6, 6.07) is 18.1. The second-order valence-electron chi connectivity index (χ2n) is 7.70. The zero-order chi connectivity index (χ0) is 23.8. The zero-order valence-corrected chi connectivity index (χ0v) is 20.2. The largest absolute Gasteiger partial charge is 0.375 e. The monoisotopic (exact) mass is 486 g/mol. The normalized spacial score (nSPS) is 11.2. The highest BCUT2D eigenvalue weighted by atomic mass is 32.2. The number of thioether (sulfide) groups is 1. The van der Waals surface area contributed by atoms with Gasteiger partial charge in [0, 0.05) is 18.1 Å². The minimum absolute atomic E-state index is 0.0665. The maximum atomic E-state index is 13.9. The predicted molar refractivity (Wildman–Crippen MR) is 132 cm³/mol. The number of anilines is 1. The number of rotatable bonds is 10. The van der Waals surface area contributed by atoms with Gasteiger partial charge in [-0.05, 0) is 49.7 Å². The van der Waals surface area contributed by atoms with Gasteiger partial charge in [0.15, 0.2) is 0 Å². The Hall–Kier alpha value is -2.84. The molecule has 0 radical (unpaired) electrons. The molecule has 2 N–H and O–H groups in total. The van der Waals surface area contributed by atoms with Gasteiger partial charge in [-0.3, -0.25) is 4.79 Å². The van der Waals surface area contributed by atoms with Crippen LogP contribution in [0.15, 0.2) is 76.5 Å². The first-order valence-corrected chi connectivity index (χ1v) is 13.1. The Balaban J connectivity index is 1.54. The lowest BCUT2D eigenvalue weighted by Crippen LogP contribution is -2.31. The lowest BCUT2D eigenvalue weighted by atomic mass is 10.2. The van der Waals surface area contributed by atoms with Crippen molar-refractivity contribution >= 4 is 33.2 Å². The first-order valence-electron chi connectivity index (χ1n) is 10.5. The molecule has 33 heavy (non-hydrogen) atoms. The summed E-state index contributed by atoms with van der Waals surface area (Å²) >= 11 is 1.72. The van der Waals surface area contributed by atoms with Gasteiger partial charge in [0.1, 0.15) is 5.82 Å². The van der Waals surface area contributed by atoms with Gasteiger partial charge in [0.2, 0.25) is 15.7 Å². The quantitative estimate of drug-likeness (QED) is 0.405. The van der Waals surface area contributed by atoms with E-state index in [2.05, 4.69) is 35.8 Å². The zero-order valence-electron chi connectivity index (χ0n) is 18.6. The summed E-state index contributed by atoms with van der Waals surface area (Å²) in [5, 5.41) is 5.65. The summed E-state index contributed by atoms with van der Waals surface area (Å²) in [6.45, 7) is 4.28. The molecule has 0 saturated heterocycles. The van der Waals surface area contributed by atoms with Crippen molar-refractivity contribution in [3.05, 3.63) is 89.2 Å². The van der Waals surface area contributed by atoms with Crippen molar-refractivity contribution in [2.75, 3.05) is 24.2 Å². The van der Waals surface area contributed by atoms with Crippen molar-refractivity contribution in [3.63, 3.8) is 0 Å². The number of sulfone groups is 1. The Morgan fingerprint density at radius 3 is 2.45 bits per heavy atom. The molecule has 0 aromatic heterocycles. The van der Waals surface area contributed by atoms with Crippen molar-refractivity contribution < 1.29 is 17.6 Å². The Labute approximate surface area is 198 Å². The number of benzene rings is 3. The van der Waals surface area contributed by atoms with Crippen LogP contribution in [0.4, 0.5) is 10.1 Å². The van der Waals surface area contributed by atoms with Gasteiger partial charge in [-0.15, -0.1) is 0 Å². The van der Waals surface area contributed by atoms with Gasteiger partial charge in [-0.25, -0.2) is 12.8 Å². The van der Waals surface area contributed by atoms with E-state index in [9.17, 15) is 17.6 Å². The van der Waals surface area contributed by atoms with Gasteiger partial charge < -0.3 is 10.6 Å². The van der Waals surface area contributed by atoms with Crippen LogP contribution >= 0.6 is 11.8 Å². The Kier molecular flexibility index (Phi) is 8.52. The molecule has 0 unspecified atom stereocenters. The first-order chi connectivity index (χ1) is 15.8. The second-order valence-corrected chi connectivity index (χ2v) is 10.7. The molecule has 0 atom stereocenters. The number of halogens is 1. The number of aryl methyl sites for hydroxylation is 2. The van der Waals surface area contributed by atoms with Crippen molar-refractivity contribution in [1.82, 2.24) is 5.32 Å². The molecular formula is C25H27FN2O3S2. The van der Waals surface area contributed by atoms with E-state index in [4.69, 9.17) is 0 Å². The van der Waals surface area contributed by atoms with Crippen molar-refractivity contribution in [3.8, 4) is 0 Å². The van der Waals surface area contributed by atoms with Crippen LogP contribution in [0.25, 0.3) is 0 Å². The summed E-state index contributed by atoms with van der Waals surface area (Å²) in [5.41, 5.74) is 3.56. The van der Waals surface area contributed by atoms with Crippen molar-refractivity contribution in [2.24, 2.45) is 0 Å². The molecule has 0 bridgehead atoms. The van der Waals surface area contributed by atoms with Crippen LogP contribution in [0.3, 0.4) is 0 Å². The lowest BCUT2D eigenvalue weighted by molar-refractivity contribution is -0.119. The number of hydrogen-bond donors (Lipinski definition) is 2. The van der Waals surface area contributed by atoms with Gasteiger partial charge in [-0.1, -0.05) is 47.5 Å². The van der Waals surface area contributed by atoms with E-state index in [1.807, 2.05) is 13.0 Å². The van der Waals surface area contributed by atoms with Crippen LogP contribution < -0.4 is 10.6 Å². The van der Waals surface area contributed by atoms with Crippen LogP contribution in [0.1, 0.15) is 16.7 Å². The number of hydrogen-bond acceptors (Lipinski definition) is 5. The standard InChI is InChI=1S/C25H27FN2O3S2/c1-18-6-9-22(10-7-18)33(30,31)24-15-21(26)8-11-23(24)28-16-25(29)27-12-13-32-17-20-5-3-4-19(2)14-20/h3-11,14-15,28H,12-13,16-17H2,1-2H3,(H,27,29). The lowest BCUT2D eigenvalue weighted by Gasteiger charge is -2.13. The molecule has 8 heteroatoms. The molecular weight excluding hydrogens is 459 g/mol. The third-order valence-corrected chi connectivity index (χ3v) is 7.76. The SMILES string of the molecule is Cc1ccc(S(=O)(=O)c2cc(F)ccc2NCC(=O)NCCSCc2cccc(C)c2)cc1. The van der Waals surface area contributed by atoms with Crippen LogP contribution in [0, 0.1) is 19.7 Å². The summed E-state index contributed by atoms with van der Waals surface area (Å²) in [7, 11) is -3.95. The fraction of sp³-hybridized carbons (Fsp3) is 0.240. The van der Waals surface area contributed by atoms with E-state index in [1.165, 1.54) is 29.3 Å². The topological polar surface area (TPSA) is 75.3 Å². The Morgan fingerprint density at radius 2 is 1.73 bits per heavy atom. The predicted octanol–water partition coefficient (Wildman–Crippen LogP) is 4.74. The van der Waals surface area contributed by atoms with E-state index >= 15 is 0 Å². The highest BCUT2D eigenvalue weighted by Crippen LogP contribution is 2.28. The molecule has 0 saturated carbocycles. The van der Waals surface area contributed by atoms with E-state index in [0.717, 1.165) is 29.2 Å². The van der Waals surface area contributed by atoms with Gasteiger partial charge >= 0.3 is 0 Å². The number of carbonyl (C=O) groups is 1. The number of carbonyl (C=O) groups excluding carboxylic acids is 1. The molecule has 0 heterocycles. The molecule has 0 aliphatic carbocycles. The average Bonchev–Trinajstić information content (AvgIpc) is 2.78. The fourth-order valence-corrected chi connectivity index (χ4v) is 5.45. The number of nitrogens with one attached hydrogen (secondary N) is 2. The molecule has 1 amide bonds. The first kappa shape index (κ1) is 24.8. The van der Waals surface area contributed by atoms with E-state index < -0.39 is 15.7 Å². The molecule has 0 aliphatic rings. The van der Waals surface area contributed by atoms with Crippen LogP contribution in [0.5, 0.6) is 0 Å². The number of amides is 1. The van der Waals surface area contributed by atoms with E-state index in [0.29, 0.717) is 6.54 Å². The fourth-order valence-electron chi connectivity index (χ4n) is 3.20. The molecule has 5 nitrogen and oxygen atoms in total. The minimum Gasteiger partial charge on any atom is -0.375 e. The third kappa shape index (κ3) is 7.07. The third-order valence-electron chi connectivity index (χ3n) is 4.92. The van der Waals surface area contributed by atoms with Crippen molar-refractivity contribution in [1.29, 1.82) is 0 Å². The second kappa shape index (κ2) is 11.3. The van der Waals surface area contributed by atoms with Crippen LogP contribution in [0.2, 0.25) is 0 Å². The van der Waals surface area contributed by atoms with Gasteiger partial charge in [-0.2, -0.15) is 11.8 Å². The molecule has 3 aromatic rings. The molecule has 3 rings (SSSR count). The van der Waals surface area contributed by atoms with Crippen LogP contribution in [-0.2, 0) is 20.4 Å². The summed E-state index contributed by atoms with van der Waals surface area (Å²) in [4.78, 5) is 12.1.